The predicted octanol–water partition coefficient (Wildman–Crippen LogP) is 7.76. The third kappa shape index (κ3) is 4.39. The number of hydrogen-bond donors (Lipinski definition) is 0. The second-order valence-electron chi connectivity index (χ2n) is 10.2. The van der Waals surface area contributed by atoms with Crippen LogP contribution in [-0.2, 0) is 0 Å². The van der Waals surface area contributed by atoms with Crippen LogP contribution in [0.5, 0.6) is 0 Å². The Balaban J connectivity index is 1.15. The van der Waals surface area contributed by atoms with Crippen molar-refractivity contribution in [2.45, 2.75) is 116 Å². The van der Waals surface area contributed by atoms with Crippen molar-refractivity contribution in [3.63, 3.8) is 0 Å². The van der Waals surface area contributed by atoms with E-state index in [4.69, 9.17) is 0 Å². The second-order valence-corrected chi connectivity index (χ2v) is 10.2. The Morgan fingerprint density at radius 3 is 1.54 bits per heavy atom. The summed E-state index contributed by atoms with van der Waals surface area (Å²) in [6, 6.07) is 0. The van der Waals surface area contributed by atoms with E-state index >= 15 is 0 Å². The molecule has 4 aliphatic carbocycles. The lowest BCUT2D eigenvalue weighted by Gasteiger charge is -2.40. The van der Waals surface area contributed by atoms with Crippen molar-refractivity contribution < 1.29 is 0 Å². The van der Waals surface area contributed by atoms with Crippen LogP contribution in [-0.4, -0.2) is 0 Å². The summed E-state index contributed by atoms with van der Waals surface area (Å²) in [6.07, 6.45) is 28.3. The first kappa shape index (κ1) is 17.4. The molecule has 138 valence electrons. The highest BCUT2D eigenvalue weighted by Crippen LogP contribution is 2.45. The molecule has 0 heterocycles. The summed E-state index contributed by atoms with van der Waals surface area (Å²) in [5, 5.41) is 0. The van der Waals surface area contributed by atoms with E-state index in [1.807, 2.05) is 0 Å². The Morgan fingerprint density at radius 2 is 0.833 bits per heavy atom. The van der Waals surface area contributed by atoms with Gasteiger partial charge in [-0.15, -0.1) is 0 Å². The summed E-state index contributed by atoms with van der Waals surface area (Å²) in [6.45, 7) is 0. The van der Waals surface area contributed by atoms with Crippen molar-refractivity contribution >= 4 is 0 Å². The summed E-state index contributed by atoms with van der Waals surface area (Å²) in [5.41, 5.74) is 0. The van der Waals surface area contributed by atoms with Crippen LogP contribution in [0, 0.1) is 35.5 Å². The van der Waals surface area contributed by atoms with E-state index in [1.54, 1.807) is 89.9 Å². The average Bonchev–Trinajstić information content (AvgIpc) is 2.67. The van der Waals surface area contributed by atoms with Gasteiger partial charge in [0, 0.05) is 0 Å². The normalized spacial score (nSPS) is 41.8. The summed E-state index contributed by atoms with van der Waals surface area (Å²) in [7, 11) is 0. The van der Waals surface area contributed by atoms with E-state index in [2.05, 4.69) is 0 Å². The maximum Gasteiger partial charge on any atom is -0.0383 e. The summed E-state index contributed by atoms with van der Waals surface area (Å²) in [5.74, 6) is 6.75. The molecule has 0 N–H and O–H groups in total. The van der Waals surface area contributed by atoms with E-state index in [-0.39, 0.29) is 0 Å². The second kappa shape index (κ2) is 8.59. The SMILES string of the molecule is C1CCC(C2CCC(CCC3CCC4CCCCC4C3)CC2)CC1. The molecule has 4 saturated carbocycles. The molecular weight excluding hydrogens is 288 g/mol. The molecule has 0 aromatic rings. The monoisotopic (exact) mass is 330 g/mol. The topological polar surface area (TPSA) is 0 Å². The van der Waals surface area contributed by atoms with E-state index in [1.165, 1.54) is 25.7 Å². The third-order valence-corrected chi connectivity index (χ3v) is 8.84. The summed E-state index contributed by atoms with van der Waals surface area (Å²) in [4.78, 5) is 0. The lowest BCUT2D eigenvalue weighted by molar-refractivity contribution is 0.115. The molecule has 0 heteroatoms. The fourth-order valence-electron chi connectivity index (χ4n) is 7.26. The Morgan fingerprint density at radius 1 is 0.375 bits per heavy atom. The van der Waals surface area contributed by atoms with Gasteiger partial charge in [0.1, 0.15) is 0 Å². The van der Waals surface area contributed by atoms with Crippen LogP contribution in [0.2, 0.25) is 0 Å². The zero-order chi connectivity index (χ0) is 16.2. The number of fused-ring (bicyclic) bond motifs is 1. The van der Waals surface area contributed by atoms with Crippen LogP contribution < -0.4 is 0 Å². The first-order chi connectivity index (χ1) is 11.9. The fraction of sp³-hybridized carbons (Fsp3) is 1.00. The molecule has 3 atom stereocenters. The van der Waals surface area contributed by atoms with Gasteiger partial charge in [0.25, 0.3) is 0 Å². The molecule has 0 spiro atoms. The lowest BCUT2D eigenvalue weighted by Crippen LogP contribution is -2.28. The van der Waals surface area contributed by atoms with Gasteiger partial charge in [-0.2, -0.15) is 0 Å². The first-order valence-corrected chi connectivity index (χ1v) is 11.9. The van der Waals surface area contributed by atoms with Crippen LogP contribution in [0.25, 0.3) is 0 Å². The smallest absolute Gasteiger partial charge is 0.0383 e. The third-order valence-electron chi connectivity index (χ3n) is 8.84. The quantitative estimate of drug-likeness (QED) is 0.494. The van der Waals surface area contributed by atoms with Crippen LogP contribution in [0.3, 0.4) is 0 Å². The van der Waals surface area contributed by atoms with E-state index in [0.29, 0.717) is 0 Å². The van der Waals surface area contributed by atoms with Crippen molar-refractivity contribution in [3.8, 4) is 0 Å². The zero-order valence-electron chi connectivity index (χ0n) is 16.2. The molecule has 0 radical (unpaired) electrons. The minimum atomic E-state index is 1.11. The van der Waals surface area contributed by atoms with Gasteiger partial charge in [0.15, 0.2) is 0 Å². The number of rotatable bonds is 4. The highest BCUT2D eigenvalue weighted by atomic mass is 14.4. The Bertz CT molecular complexity index is 358. The average molecular weight is 331 g/mol. The molecular formula is C24H42. The zero-order valence-corrected chi connectivity index (χ0v) is 16.2. The van der Waals surface area contributed by atoms with Crippen LogP contribution >= 0.6 is 0 Å². The highest BCUT2D eigenvalue weighted by Gasteiger charge is 2.33. The molecule has 24 heavy (non-hydrogen) atoms. The first-order valence-electron chi connectivity index (χ1n) is 11.9. The van der Waals surface area contributed by atoms with Gasteiger partial charge >= 0.3 is 0 Å². The summed E-state index contributed by atoms with van der Waals surface area (Å²) < 4.78 is 0. The number of hydrogen-bond acceptors (Lipinski definition) is 0. The van der Waals surface area contributed by atoms with E-state index in [9.17, 15) is 0 Å². The van der Waals surface area contributed by atoms with Crippen molar-refractivity contribution in [2.24, 2.45) is 35.5 Å². The molecule has 4 aliphatic rings. The van der Waals surface area contributed by atoms with Crippen molar-refractivity contribution in [1.82, 2.24) is 0 Å². The maximum atomic E-state index is 1.61. The lowest BCUT2D eigenvalue weighted by atomic mass is 9.66. The van der Waals surface area contributed by atoms with Gasteiger partial charge < -0.3 is 0 Å². The van der Waals surface area contributed by atoms with Gasteiger partial charge in [0.2, 0.25) is 0 Å². The van der Waals surface area contributed by atoms with E-state index in [0.717, 1.165) is 35.5 Å². The molecule has 0 aromatic carbocycles. The molecule has 0 amide bonds. The Hall–Kier alpha value is 0. The van der Waals surface area contributed by atoms with Gasteiger partial charge in [-0.25, -0.2) is 0 Å². The van der Waals surface area contributed by atoms with Crippen molar-refractivity contribution in [3.05, 3.63) is 0 Å². The minimum Gasteiger partial charge on any atom is -0.0533 e. The molecule has 3 unspecified atom stereocenters. The Labute approximate surface area is 151 Å². The molecule has 4 fully saturated rings. The van der Waals surface area contributed by atoms with Crippen LogP contribution in [0.4, 0.5) is 0 Å². The molecule has 0 bridgehead atoms. The van der Waals surface area contributed by atoms with Crippen LogP contribution in [0.1, 0.15) is 116 Å². The largest absolute Gasteiger partial charge is 0.0533 e. The fourth-order valence-corrected chi connectivity index (χ4v) is 7.26. The summed E-state index contributed by atoms with van der Waals surface area (Å²) >= 11 is 0. The standard InChI is InChI=1S/C24H42/c1-2-6-21(7-3-1)23-15-12-19(13-16-23)10-11-20-14-17-22-8-4-5-9-24(22)18-20/h19-24H,1-18H2. The predicted molar refractivity (Wildman–Crippen MR) is 104 cm³/mol. The van der Waals surface area contributed by atoms with Gasteiger partial charge in [0.05, 0.1) is 0 Å². The minimum absolute atomic E-state index is 1.11. The van der Waals surface area contributed by atoms with Crippen molar-refractivity contribution in [2.75, 3.05) is 0 Å². The van der Waals surface area contributed by atoms with Gasteiger partial charge in [-0.3, -0.25) is 0 Å². The molecule has 0 nitrogen and oxygen atoms in total. The van der Waals surface area contributed by atoms with Crippen LogP contribution in [0.15, 0.2) is 0 Å². The Kier molecular flexibility index (Phi) is 6.23. The van der Waals surface area contributed by atoms with Crippen molar-refractivity contribution in [1.29, 1.82) is 0 Å². The molecule has 0 aromatic heterocycles. The molecule has 0 aliphatic heterocycles. The molecule has 4 rings (SSSR count). The maximum absolute atomic E-state index is 1.61. The van der Waals surface area contributed by atoms with Gasteiger partial charge in [-0.1, -0.05) is 89.9 Å². The molecule has 0 saturated heterocycles. The van der Waals surface area contributed by atoms with E-state index < -0.39 is 0 Å². The van der Waals surface area contributed by atoms with Gasteiger partial charge in [-0.05, 0) is 61.2 Å². The highest BCUT2D eigenvalue weighted by molar-refractivity contribution is 4.84.